The van der Waals surface area contributed by atoms with Crippen molar-refractivity contribution in [3.05, 3.63) is 35.5 Å². The molecule has 4 nitrogen and oxygen atoms in total. The molecule has 0 aliphatic carbocycles. The first-order valence-corrected chi connectivity index (χ1v) is 15.5. The molecular formula is C33H53NO3. The zero-order valence-corrected chi connectivity index (χ0v) is 23.9. The number of Topliss-reactive ketones (excluding diaryl/α,β-unsaturated/α-hetero) is 1. The highest BCUT2D eigenvalue weighted by Gasteiger charge is 2.26. The second-order valence-corrected chi connectivity index (χ2v) is 10.9. The number of carboxylic acid groups (broad SMARTS) is 1. The van der Waals surface area contributed by atoms with Crippen LogP contribution in [0.1, 0.15) is 163 Å². The highest BCUT2D eigenvalue weighted by Crippen LogP contribution is 2.29. The van der Waals surface area contributed by atoms with Crippen molar-refractivity contribution in [1.29, 1.82) is 0 Å². The minimum Gasteiger partial charge on any atom is -0.477 e. The number of para-hydroxylation sites is 1. The van der Waals surface area contributed by atoms with E-state index >= 15 is 0 Å². The first-order valence-electron chi connectivity index (χ1n) is 15.5. The van der Waals surface area contributed by atoms with Crippen LogP contribution in [0.5, 0.6) is 0 Å². The molecule has 0 radical (unpaired) electrons. The molecule has 0 amide bonds. The van der Waals surface area contributed by atoms with E-state index in [-0.39, 0.29) is 11.5 Å². The Morgan fingerprint density at radius 1 is 0.649 bits per heavy atom. The van der Waals surface area contributed by atoms with Crippen molar-refractivity contribution < 1.29 is 14.7 Å². The van der Waals surface area contributed by atoms with E-state index in [1.54, 1.807) is 0 Å². The van der Waals surface area contributed by atoms with Crippen molar-refractivity contribution in [2.24, 2.45) is 0 Å². The molecule has 0 aliphatic heterocycles. The van der Waals surface area contributed by atoms with Gasteiger partial charge in [-0.2, -0.15) is 0 Å². The smallest absolute Gasteiger partial charge is 0.353 e. The Labute approximate surface area is 226 Å². The number of benzene rings is 1. The Kier molecular flexibility index (Phi) is 16.0. The maximum Gasteiger partial charge on any atom is 0.353 e. The Bertz CT molecular complexity index is 914. The van der Waals surface area contributed by atoms with Crippen LogP contribution in [-0.4, -0.2) is 21.4 Å². The number of fused-ring (bicyclic) bond motifs is 1. The third-order valence-electron chi connectivity index (χ3n) is 7.69. The molecule has 0 saturated carbocycles. The molecule has 0 aliphatic rings. The van der Waals surface area contributed by atoms with Crippen molar-refractivity contribution in [2.75, 3.05) is 0 Å². The van der Waals surface area contributed by atoms with Gasteiger partial charge < -0.3 is 9.67 Å². The minimum absolute atomic E-state index is 0.0180. The summed E-state index contributed by atoms with van der Waals surface area (Å²) in [7, 11) is 0. The van der Waals surface area contributed by atoms with Gasteiger partial charge in [-0.1, -0.05) is 141 Å². The molecule has 0 saturated heterocycles. The fraction of sp³-hybridized carbons (Fsp3) is 0.697. The zero-order chi connectivity index (χ0) is 26.7. The van der Waals surface area contributed by atoms with Gasteiger partial charge >= 0.3 is 5.97 Å². The van der Waals surface area contributed by atoms with Crippen LogP contribution in [0, 0.1) is 0 Å². The molecule has 1 aromatic heterocycles. The third kappa shape index (κ3) is 11.0. The number of carbonyl (C=O) groups is 2. The highest BCUT2D eigenvalue weighted by molar-refractivity contribution is 6.15. The molecule has 0 spiro atoms. The van der Waals surface area contributed by atoms with E-state index in [1.807, 2.05) is 28.8 Å². The van der Waals surface area contributed by atoms with Crippen LogP contribution in [-0.2, 0) is 6.54 Å². The maximum absolute atomic E-state index is 13.2. The lowest BCUT2D eigenvalue weighted by Gasteiger charge is -2.09. The predicted molar refractivity (Wildman–Crippen MR) is 157 cm³/mol. The summed E-state index contributed by atoms with van der Waals surface area (Å²) in [6.45, 7) is 5.09. The van der Waals surface area contributed by atoms with E-state index in [0.717, 1.165) is 55.8 Å². The number of hydrogen-bond acceptors (Lipinski definition) is 2. The molecule has 0 fully saturated rings. The van der Waals surface area contributed by atoms with Gasteiger partial charge in [0.1, 0.15) is 5.69 Å². The van der Waals surface area contributed by atoms with Crippen LogP contribution in [0.15, 0.2) is 24.3 Å². The van der Waals surface area contributed by atoms with Crippen molar-refractivity contribution in [3.63, 3.8) is 0 Å². The molecule has 4 heteroatoms. The maximum atomic E-state index is 13.2. The number of carbonyl (C=O) groups excluding carboxylic acids is 1. The molecule has 208 valence electrons. The number of rotatable bonds is 23. The van der Waals surface area contributed by atoms with Gasteiger partial charge in [0.25, 0.3) is 0 Å². The van der Waals surface area contributed by atoms with Crippen LogP contribution in [0.2, 0.25) is 0 Å². The third-order valence-corrected chi connectivity index (χ3v) is 7.69. The van der Waals surface area contributed by atoms with Crippen LogP contribution in [0.25, 0.3) is 10.9 Å². The van der Waals surface area contributed by atoms with E-state index in [1.165, 1.54) is 77.0 Å². The molecule has 0 atom stereocenters. The Morgan fingerprint density at radius 3 is 1.62 bits per heavy atom. The quantitative estimate of drug-likeness (QED) is 0.119. The topological polar surface area (TPSA) is 59.3 Å². The summed E-state index contributed by atoms with van der Waals surface area (Å²) in [6.07, 6.45) is 24.1. The van der Waals surface area contributed by atoms with Gasteiger partial charge in [0.2, 0.25) is 0 Å². The molecule has 0 unspecified atom stereocenters. The summed E-state index contributed by atoms with van der Waals surface area (Å²) >= 11 is 0. The Morgan fingerprint density at radius 2 is 1.11 bits per heavy atom. The number of hydrogen-bond donors (Lipinski definition) is 1. The first kappa shape index (κ1) is 31.1. The van der Waals surface area contributed by atoms with Crippen molar-refractivity contribution >= 4 is 22.7 Å². The summed E-state index contributed by atoms with van der Waals surface area (Å²) in [5.74, 6) is -1.01. The molecule has 2 rings (SSSR count). The molecular weight excluding hydrogens is 458 g/mol. The largest absolute Gasteiger partial charge is 0.477 e. The normalized spacial score (nSPS) is 11.4. The lowest BCUT2D eigenvalue weighted by atomic mass is 10.00. The SMILES string of the molecule is CCCCCCCCCCCCCCCCCC(=O)c1c(C(=O)O)n(CCCCCC)c2ccccc12. The number of aromatic carboxylic acids is 1. The van der Waals surface area contributed by atoms with Gasteiger partial charge in [0.05, 0.1) is 5.56 Å². The lowest BCUT2D eigenvalue weighted by Crippen LogP contribution is -2.13. The summed E-state index contributed by atoms with van der Waals surface area (Å²) in [4.78, 5) is 25.5. The van der Waals surface area contributed by atoms with Gasteiger partial charge in [-0.05, 0) is 18.9 Å². The molecule has 0 bridgehead atoms. The number of aryl methyl sites for hydroxylation is 1. The van der Waals surface area contributed by atoms with E-state index in [2.05, 4.69) is 13.8 Å². The van der Waals surface area contributed by atoms with E-state index in [9.17, 15) is 14.7 Å². The Hall–Kier alpha value is -2.10. The fourth-order valence-corrected chi connectivity index (χ4v) is 5.52. The average Bonchev–Trinajstić information content (AvgIpc) is 3.23. The second kappa shape index (κ2) is 19.0. The van der Waals surface area contributed by atoms with E-state index < -0.39 is 5.97 Å². The van der Waals surface area contributed by atoms with Crippen molar-refractivity contribution in [3.8, 4) is 0 Å². The van der Waals surface area contributed by atoms with Crippen molar-refractivity contribution in [1.82, 2.24) is 4.57 Å². The lowest BCUT2D eigenvalue weighted by molar-refractivity contribution is 0.0680. The number of aromatic nitrogens is 1. The summed E-state index contributed by atoms with van der Waals surface area (Å²) in [5, 5.41) is 10.8. The van der Waals surface area contributed by atoms with Crippen LogP contribution in [0.4, 0.5) is 0 Å². The van der Waals surface area contributed by atoms with Crippen LogP contribution >= 0.6 is 0 Å². The van der Waals surface area contributed by atoms with Gasteiger partial charge in [0, 0.05) is 23.9 Å². The monoisotopic (exact) mass is 511 g/mol. The number of carboxylic acids is 1. The standard InChI is InChI=1S/C33H53NO3/c1-3-5-7-9-10-11-12-13-14-15-16-17-18-19-20-26-30(35)31-28-24-21-22-25-29(28)34(32(31)33(36)37)27-23-8-6-4-2/h21-22,24-25H,3-20,23,26-27H2,1-2H3,(H,36,37). The molecule has 2 aromatic rings. The van der Waals surface area contributed by atoms with Gasteiger partial charge in [-0.25, -0.2) is 4.79 Å². The second-order valence-electron chi connectivity index (χ2n) is 10.9. The average molecular weight is 512 g/mol. The van der Waals surface area contributed by atoms with Gasteiger partial charge in [0.15, 0.2) is 5.78 Å². The predicted octanol–water partition coefficient (Wildman–Crippen LogP) is 10.4. The van der Waals surface area contributed by atoms with E-state index in [0.29, 0.717) is 18.5 Å². The number of nitrogens with zero attached hydrogens (tertiary/aromatic N) is 1. The summed E-state index contributed by atoms with van der Waals surface area (Å²) < 4.78 is 1.87. The molecule has 1 N–H and O–H groups in total. The Balaban J connectivity index is 1.72. The van der Waals surface area contributed by atoms with Crippen molar-refractivity contribution in [2.45, 2.75) is 149 Å². The molecule has 1 heterocycles. The van der Waals surface area contributed by atoms with Gasteiger partial charge in [-0.15, -0.1) is 0 Å². The number of ketones is 1. The minimum atomic E-state index is -0.994. The molecule has 1 aromatic carbocycles. The molecule has 37 heavy (non-hydrogen) atoms. The number of unbranched alkanes of at least 4 members (excludes halogenated alkanes) is 17. The van der Waals surface area contributed by atoms with Crippen LogP contribution < -0.4 is 0 Å². The summed E-state index contributed by atoms with van der Waals surface area (Å²) in [6, 6.07) is 7.69. The van der Waals surface area contributed by atoms with Crippen LogP contribution in [0.3, 0.4) is 0 Å². The fourth-order valence-electron chi connectivity index (χ4n) is 5.52. The van der Waals surface area contributed by atoms with E-state index in [4.69, 9.17) is 0 Å². The first-order chi connectivity index (χ1) is 18.1. The summed E-state index contributed by atoms with van der Waals surface area (Å²) in [5.41, 5.74) is 1.48. The van der Waals surface area contributed by atoms with Gasteiger partial charge in [-0.3, -0.25) is 4.79 Å². The highest BCUT2D eigenvalue weighted by atomic mass is 16.4. The zero-order valence-electron chi connectivity index (χ0n) is 23.9.